The van der Waals surface area contributed by atoms with E-state index in [9.17, 15) is 5.26 Å². The first kappa shape index (κ1) is 13.1. The molecular formula is C17H15ClN2. The SMILES string of the molecule is N#CC1(Cc2ccncc2Cl)CCc2ccccc2C1. The molecule has 100 valence electrons. The highest BCUT2D eigenvalue weighted by molar-refractivity contribution is 6.31. The third kappa shape index (κ3) is 2.42. The zero-order valence-electron chi connectivity index (χ0n) is 11.1. The second-order valence-electron chi connectivity index (χ2n) is 5.48. The molecule has 1 atom stereocenters. The molecule has 1 aromatic carbocycles. The van der Waals surface area contributed by atoms with Gasteiger partial charge >= 0.3 is 0 Å². The average molecular weight is 283 g/mol. The maximum Gasteiger partial charge on any atom is 0.0696 e. The Morgan fingerprint density at radius 1 is 1.25 bits per heavy atom. The van der Waals surface area contributed by atoms with Crippen molar-refractivity contribution >= 4 is 11.6 Å². The molecule has 3 rings (SSSR count). The van der Waals surface area contributed by atoms with Crippen molar-refractivity contribution in [2.24, 2.45) is 5.41 Å². The Labute approximate surface area is 124 Å². The number of hydrogen-bond acceptors (Lipinski definition) is 2. The normalized spacial score (nSPS) is 21.0. The van der Waals surface area contributed by atoms with Crippen LogP contribution in [-0.4, -0.2) is 4.98 Å². The molecule has 0 bridgehead atoms. The summed E-state index contributed by atoms with van der Waals surface area (Å²) < 4.78 is 0. The van der Waals surface area contributed by atoms with Gasteiger partial charge in [-0.1, -0.05) is 35.9 Å². The van der Waals surface area contributed by atoms with Gasteiger partial charge in [0.2, 0.25) is 0 Å². The van der Waals surface area contributed by atoms with Crippen LogP contribution >= 0.6 is 11.6 Å². The molecule has 1 aliphatic carbocycles. The first-order valence-electron chi connectivity index (χ1n) is 6.79. The van der Waals surface area contributed by atoms with Crippen molar-refractivity contribution in [1.82, 2.24) is 4.98 Å². The fourth-order valence-electron chi connectivity index (χ4n) is 3.00. The molecule has 0 amide bonds. The van der Waals surface area contributed by atoms with Crippen LogP contribution < -0.4 is 0 Å². The van der Waals surface area contributed by atoms with Crippen molar-refractivity contribution in [1.29, 1.82) is 5.26 Å². The van der Waals surface area contributed by atoms with Crippen molar-refractivity contribution in [3.05, 3.63) is 64.4 Å². The van der Waals surface area contributed by atoms with E-state index in [0.29, 0.717) is 11.4 Å². The van der Waals surface area contributed by atoms with E-state index in [4.69, 9.17) is 11.6 Å². The Hall–Kier alpha value is -1.85. The molecule has 0 saturated heterocycles. The van der Waals surface area contributed by atoms with Crippen LogP contribution in [0.4, 0.5) is 0 Å². The number of fused-ring (bicyclic) bond motifs is 1. The third-order valence-electron chi connectivity index (χ3n) is 4.14. The molecule has 3 heteroatoms. The Balaban J connectivity index is 1.91. The van der Waals surface area contributed by atoms with Crippen LogP contribution in [0, 0.1) is 16.7 Å². The molecule has 0 radical (unpaired) electrons. The molecule has 2 nitrogen and oxygen atoms in total. The van der Waals surface area contributed by atoms with Crippen molar-refractivity contribution in [3.63, 3.8) is 0 Å². The lowest BCUT2D eigenvalue weighted by atomic mass is 9.69. The molecule has 20 heavy (non-hydrogen) atoms. The van der Waals surface area contributed by atoms with Crippen LogP contribution in [0.15, 0.2) is 42.7 Å². The molecule has 0 spiro atoms. The summed E-state index contributed by atoms with van der Waals surface area (Å²) in [4.78, 5) is 4.01. The largest absolute Gasteiger partial charge is 0.263 e. The van der Waals surface area contributed by atoms with Gasteiger partial charge in [0.05, 0.1) is 16.5 Å². The highest BCUT2D eigenvalue weighted by Crippen LogP contribution is 2.38. The second-order valence-corrected chi connectivity index (χ2v) is 5.89. The minimum Gasteiger partial charge on any atom is -0.263 e. The van der Waals surface area contributed by atoms with E-state index in [1.54, 1.807) is 12.4 Å². The molecule has 0 N–H and O–H groups in total. The number of benzene rings is 1. The summed E-state index contributed by atoms with van der Waals surface area (Å²) in [5, 5.41) is 10.4. The fraction of sp³-hybridized carbons (Fsp3) is 0.294. The van der Waals surface area contributed by atoms with Gasteiger partial charge in [-0.05, 0) is 48.4 Å². The lowest BCUT2D eigenvalue weighted by Gasteiger charge is -2.32. The van der Waals surface area contributed by atoms with Crippen molar-refractivity contribution in [2.45, 2.75) is 25.7 Å². The first-order chi connectivity index (χ1) is 9.72. The van der Waals surface area contributed by atoms with E-state index in [-0.39, 0.29) is 5.41 Å². The fourth-order valence-corrected chi connectivity index (χ4v) is 3.18. The third-order valence-corrected chi connectivity index (χ3v) is 4.48. The topological polar surface area (TPSA) is 36.7 Å². The van der Waals surface area contributed by atoms with Gasteiger partial charge in [-0.15, -0.1) is 0 Å². The number of rotatable bonds is 2. The lowest BCUT2D eigenvalue weighted by molar-refractivity contribution is 0.339. The van der Waals surface area contributed by atoms with E-state index in [0.717, 1.165) is 24.8 Å². The number of aryl methyl sites for hydroxylation is 1. The van der Waals surface area contributed by atoms with Gasteiger partial charge in [-0.2, -0.15) is 5.26 Å². The van der Waals surface area contributed by atoms with E-state index >= 15 is 0 Å². The molecule has 1 unspecified atom stereocenters. The average Bonchev–Trinajstić information content (AvgIpc) is 2.49. The smallest absolute Gasteiger partial charge is 0.0696 e. The first-order valence-corrected chi connectivity index (χ1v) is 7.17. The summed E-state index contributed by atoms with van der Waals surface area (Å²) in [6.07, 6.45) is 6.74. The number of pyridine rings is 1. The summed E-state index contributed by atoms with van der Waals surface area (Å²) >= 11 is 6.19. The van der Waals surface area contributed by atoms with Gasteiger partial charge in [-0.3, -0.25) is 4.98 Å². The highest BCUT2D eigenvalue weighted by Gasteiger charge is 2.35. The standard InChI is InChI=1S/C17H15ClN2/c18-16-11-20-8-6-15(16)10-17(12-19)7-5-13-3-1-2-4-14(13)9-17/h1-4,6,8,11H,5,7,9-10H2. The Kier molecular flexibility index (Phi) is 3.46. The van der Waals surface area contributed by atoms with E-state index in [2.05, 4.69) is 29.3 Å². The molecule has 1 aromatic heterocycles. The zero-order chi connectivity index (χ0) is 14.0. The summed E-state index contributed by atoms with van der Waals surface area (Å²) in [5.74, 6) is 0. The van der Waals surface area contributed by atoms with Crippen LogP contribution in [0.5, 0.6) is 0 Å². The lowest BCUT2D eigenvalue weighted by Crippen LogP contribution is -2.30. The monoisotopic (exact) mass is 282 g/mol. The quantitative estimate of drug-likeness (QED) is 0.835. The van der Waals surface area contributed by atoms with Gasteiger partial charge in [0, 0.05) is 12.4 Å². The summed E-state index contributed by atoms with van der Waals surface area (Å²) in [6, 6.07) is 12.9. The van der Waals surface area contributed by atoms with Crippen molar-refractivity contribution in [3.8, 4) is 6.07 Å². The van der Waals surface area contributed by atoms with Gasteiger partial charge in [0.25, 0.3) is 0 Å². The van der Waals surface area contributed by atoms with E-state index in [1.165, 1.54) is 11.1 Å². The number of nitriles is 1. The van der Waals surface area contributed by atoms with Crippen LogP contribution in [0.3, 0.4) is 0 Å². The molecule has 1 heterocycles. The van der Waals surface area contributed by atoms with Gasteiger partial charge in [0.15, 0.2) is 0 Å². The van der Waals surface area contributed by atoms with Gasteiger partial charge in [0.1, 0.15) is 0 Å². The Morgan fingerprint density at radius 3 is 2.80 bits per heavy atom. The maximum atomic E-state index is 9.71. The highest BCUT2D eigenvalue weighted by atomic mass is 35.5. The minimum absolute atomic E-state index is 0.348. The zero-order valence-corrected chi connectivity index (χ0v) is 11.9. The van der Waals surface area contributed by atoms with Crippen molar-refractivity contribution in [2.75, 3.05) is 0 Å². The van der Waals surface area contributed by atoms with Gasteiger partial charge in [-0.25, -0.2) is 0 Å². The second kappa shape index (κ2) is 5.26. The molecule has 2 aromatic rings. The number of halogens is 1. The van der Waals surface area contributed by atoms with E-state index in [1.807, 2.05) is 12.1 Å². The molecule has 0 aliphatic heterocycles. The molecule has 1 aliphatic rings. The van der Waals surface area contributed by atoms with Gasteiger partial charge < -0.3 is 0 Å². The number of hydrogen-bond donors (Lipinski definition) is 0. The van der Waals surface area contributed by atoms with Crippen LogP contribution in [-0.2, 0) is 19.3 Å². The van der Waals surface area contributed by atoms with Crippen LogP contribution in [0.2, 0.25) is 5.02 Å². The summed E-state index contributed by atoms with van der Waals surface area (Å²) in [6.45, 7) is 0. The summed E-state index contributed by atoms with van der Waals surface area (Å²) in [7, 11) is 0. The van der Waals surface area contributed by atoms with E-state index < -0.39 is 0 Å². The Morgan fingerprint density at radius 2 is 2.05 bits per heavy atom. The molecule has 0 saturated carbocycles. The minimum atomic E-state index is -0.348. The van der Waals surface area contributed by atoms with Crippen LogP contribution in [0.1, 0.15) is 23.1 Å². The molecule has 0 fully saturated rings. The maximum absolute atomic E-state index is 9.71. The predicted octanol–water partition coefficient (Wildman–Crippen LogP) is 3.98. The predicted molar refractivity (Wildman–Crippen MR) is 79.5 cm³/mol. The molecular weight excluding hydrogens is 268 g/mol. The Bertz CT molecular complexity index is 675. The number of aromatic nitrogens is 1. The van der Waals surface area contributed by atoms with Crippen molar-refractivity contribution < 1.29 is 0 Å². The summed E-state index contributed by atoms with van der Waals surface area (Å²) in [5.41, 5.74) is 3.34. The van der Waals surface area contributed by atoms with Crippen LogP contribution in [0.25, 0.3) is 0 Å². The number of nitrogens with zero attached hydrogens (tertiary/aromatic N) is 2.